The van der Waals surface area contributed by atoms with Crippen LogP contribution in [-0.2, 0) is 4.74 Å². The summed E-state index contributed by atoms with van der Waals surface area (Å²) in [5.74, 6) is 2.23. The molecule has 0 radical (unpaired) electrons. The summed E-state index contributed by atoms with van der Waals surface area (Å²) in [6.07, 6.45) is 9.11. The number of hydrogen-bond donors (Lipinski definition) is 0. The molecule has 1 heterocycles. The molecule has 0 aliphatic rings. The molecule has 2 unspecified atom stereocenters. The van der Waals surface area contributed by atoms with Crippen molar-refractivity contribution in [1.29, 1.82) is 0 Å². The van der Waals surface area contributed by atoms with Gasteiger partial charge in [0.25, 0.3) is 0 Å². The average Bonchev–Trinajstić information content (AvgIpc) is 2.91. The quantitative estimate of drug-likeness (QED) is 0.160. The van der Waals surface area contributed by atoms with Crippen LogP contribution in [0.3, 0.4) is 0 Å². The number of alkyl halides is 1. The van der Waals surface area contributed by atoms with E-state index in [-0.39, 0.29) is 11.5 Å². The molecule has 1 aromatic heterocycles. The van der Waals surface area contributed by atoms with Crippen molar-refractivity contribution < 1.29 is 14.2 Å². The Hall–Kier alpha value is -2.63. The fraction of sp³-hybridized carbons (Fsp3) is 0.448. The minimum absolute atomic E-state index is 0.0105. The molecule has 35 heavy (non-hydrogen) atoms. The number of halogens is 1. The van der Waals surface area contributed by atoms with Crippen LogP contribution in [0.15, 0.2) is 60.9 Å². The minimum Gasteiger partial charge on any atom is -0.491 e. The van der Waals surface area contributed by atoms with Gasteiger partial charge in [0.15, 0.2) is 11.6 Å². The van der Waals surface area contributed by atoms with Crippen LogP contribution in [0.2, 0.25) is 0 Å². The Morgan fingerprint density at radius 3 is 2.00 bits per heavy atom. The lowest BCUT2D eigenvalue weighted by atomic mass is 10.0. The van der Waals surface area contributed by atoms with E-state index in [9.17, 15) is 0 Å². The average molecular weight is 497 g/mol. The molecule has 3 aromatic rings. The first kappa shape index (κ1) is 27.0. The van der Waals surface area contributed by atoms with E-state index in [1.54, 1.807) is 12.4 Å². The Bertz CT molecular complexity index is 978. The highest BCUT2D eigenvalue weighted by Crippen LogP contribution is 2.25. The van der Waals surface area contributed by atoms with Crippen molar-refractivity contribution >= 4 is 11.6 Å². The largest absolute Gasteiger partial charge is 0.491 e. The highest BCUT2D eigenvalue weighted by Gasteiger charge is 2.08. The van der Waals surface area contributed by atoms with Gasteiger partial charge in [-0.1, -0.05) is 69.5 Å². The zero-order chi connectivity index (χ0) is 24.9. The monoisotopic (exact) mass is 496 g/mol. The molecule has 0 fully saturated rings. The second-order valence-corrected chi connectivity index (χ2v) is 9.33. The maximum atomic E-state index is 6.10. The molecule has 0 aliphatic carbocycles. The Labute approximate surface area is 214 Å². The molecule has 0 amide bonds. The number of hydrogen-bond acceptors (Lipinski definition) is 5. The summed E-state index contributed by atoms with van der Waals surface area (Å²) in [5.41, 5.74) is 3.21. The van der Waals surface area contributed by atoms with Gasteiger partial charge in [0.2, 0.25) is 0 Å². The highest BCUT2D eigenvalue weighted by atomic mass is 35.5. The summed E-state index contributed by atoms with van der Waals surface area (Å²) in [6, 6.07) is 16.3. The first-order valence-corrected chi connectivity index (χ1v) is 13.1. The summed E-state index contributed by atoms with van der Waals surface area (Å²) in [7, 11) is 0. The summed E-state index contributed by atoms with van der Waals surface area (Å²) in [6.45, 7) is 7.99. The van der Waals surface area contributed by atoms with Crippen molar-refractivity contribution in [3.05, 3.63) is 60.9 Å². The standard InChI is InChI=1S/C29H37ClN2O3/c1-4-6-7-8-17-33-28-18-31-29(32-19-28)25-11-9-23(10-12-25)24-13-15-27(16-14-24)35-20-22(3)34-21-26(30)5-2/h9-16,18-19,22,26H,4-8,17,20-21H2,1-3H3. The van der Waals surface area contributed by atoms with Crippen molar-refractivity contribution in [2.45, 2.75) is 64.4 Å². The first-order valence-electron chi connectivity index (χ1n) is 12.6. The molecular weight excluding hydrogens is 460 g/mol. The molecule has 0 saturated heterocycles. The zero-order valence-corrected chi connectivity index (χ0v) is 21.8. The second kappa shape index (κ2) is 14.7. The van der Waals surface area contributed by atoms with E-state index in [0.29, 0.717) is 31.4 Å². The third-order valence-corrected chi connectivity index (χ3v) is 6.15. The van der Waals surface area contributed by atoms with E-state index in [1.807, 2.05) is 31.2 Å². The van der Waals surface area contributed by atoms with Gasteiger partial charge in [-0.2, -0.15) is 0 Å². The van der Waals surface area contributed by atoms with Crippen molar-refractivity contribution in [2.24, 2.45) is 0 Å². The van der Waals surface area contributed by atoms with Crippen LogP contribution in [-0.4, -0.2) is 41.3 Å². The molecule has 6 heteroatoms. The van der Waals surface area contributed by atoms with Gasteiger partial charge in [-0.05, 0) is 43.0 Å². The van der Waals surface area contributed by atoms with Crippen molar-refractivity contribution in [2.75, 3.05) is 19.8 Å². The maximum absolute atomic E-state index is 6.10. The van der Waals surface area contributed by atoms with Gasteiger partial charge in [0, 0.05) is 5.56 Å². The smallest absolute Gasteiger partial charge is 0.159 e. The second-order valence-electron chi connectivity index (χ2n) is 8.71. The molecular formula is C29H37ClN2O3. The number of nitrogens with zero attached hydrogens (tertiary/aromatic N) is 2. The summed E-state index contributed by atoms with van der Waals surface area (Å²) < 4.78 is 17.3. The third-order valence-electron chi connectivity index (χ3n) is 5.71. The summed E-state index contributed by atoms with van der Waals surface area (Å²) in [4.78, 5) is 8.94. The van der Waals surface area contributed by atoms with Gasteiger partial charge < -0.3 is 14.2 Å². The molecule has 2 aromatic carbocycles. The van der Waals surface area contributed by atoms with Crippen LogP contribution in [0.5, 0.6) is 11.5 Å². The predicted molar refractivity (Wildman–Crippen MR) is 143 cm³/mol. The zero-order valence-electron chi connectivity index (χ0n) is 21.1. The van der Waals surface area contributed by atoms with Crippen LogP contribution in [0.4, 0.5) is 0 Å². The minimum atomic E-state index is -0.0105. The fourth-order valence-electron chi connectivity index (χ4n) is 3.46. The number of benzene rings is 2. The maximum Gasteiger partial charge on any atom is 0.159 e. The van der Waals surface area contributed by atoms with Crippen molar-refractivity contribution in [3.63, 3.8) is 0 Å². The Balaban J connectivity index is 1.49. The third kappa shape index (κ3) is 9.15. The summed E-state index contributed by atoms with van der Waals surface area (Å²) in [5, 5.41) is 0.0492. The van der Waals surface area contributed by atoms with Crippen molar-refractivity contribution in [1.82, 2.24) is 9.97 Å². The number of rotatable bonds is 15. The van der Waals surface area contributed by atoms with E-state index in [0.717, 1.165) is 35.3 Å². The normalized spacial score (nSPS) is 12.8. The predicted octanol–water partition coefficient (Wildman–Crippen LogP) is 7.57. The van der Waals surface area contributed by atoms with Gasteiger partial charge in [-0.3, -0.25) is 0 Å². The van der Waals surface area contributed by atoms with Crippen LogP contribution in [0.1, 0.15) is 52.9 Å². The van der Waals surface area contributed by atoms with E-state index in [4.69, 9.17) is 25.8 Å². The Kier molecular flexibility index (Phi) is 11.3. The lowest BCUT2D eigenvalue weighted by Crippen LogP contribution is -2.21. The molecule has 5 nitrogen and oxygen atoms in total. The highest BCUT2D eigenvalue weighted by molar-refractivity contribution is 6.20. The fourth-order valence-corrected chi connectivity index (χ4v) is 3.53. The Morgan fingerprint density at radius 2 is 1.37 bits per heavy atom. The SMILES string of the molecule is CCCCCCOc1cnc(-c2ccc(-c3ccc(OCC(C)OCC(Cl)CC)cc3)cc2)nc1. The number of ether oxygens (including phenoxy) is 3. The number of aromatic nitrogens is 2. The molecule has 0 bridgehead atoms. The lowest BCUT2D eigenvalue weighted by molar-refractivity contribution is 0.0322. The van der Waals surface area contributed by atoms with E-state index < -0.39 is 0 Å². The van der Waals surface area contributed by atoms with Crippen LogP contribution >= 0.6 is 11.6 Å². The van der Waals surface area contributed by atoms with Gasteiger partial charge in [-0.25, -0.2) is 9.97 Å². The summed E-state index contributed by atoms with van der Waals surface area (Å²) >= 11 is 6.10. The van der Waals surface area contributed by atoms with Crippen LogP contribution < -0.4 is 9.47 Å². The van der Waals surface area contributed by atoms with E-state index in [1.165, 1.54) is 19.3 Å². The topological polar surface area (TPSA) is 53.5 Å². The molecule has 3 rings (SSSR count). The first-order chi connectivity index (χ1) is 17.1. The Morgan fingerprint density at radius 1 is 0.743 bits per heavy atom. The lowest BCUT2D eigenvalue weighted by Gasteiger charge is -2.16. The molecule has 188 valence electrons. The molecule has 0 spiro atoms. The molecule has 0 aliphatic heterocycles. The van der Waals surface area contributed by atoms with Gasteiger partial charge in [0.1, 0.15) is 12.4 Å². The molecule has 2 atom stereocenters. The van der Waals surface area contributed by atoms with Gasteiger partial charge in [0.05, 0.1) is 37.1 Å². The van der Waals surface area contributed by atoms with E-state index in [2.05, 4.69) is 48.1 Å². The number of unbranched alkanes of at least 4 members (excludes halogenated alkanes) is 3. The van der Waals surface area contributed by atoms with Gasteiger partial charge >= 0.3 is 0 Å². The van der Waals surface area contributed by atoms with Gasteiger partial charge in [-0.15, -0.1) is 11.6 Å². The van der Waals surface area contributed by atoms with E-state index >= 15 is 0 Å². The van der Waals surface area contributed by atoms with Crippen LogP contribution in [0, 0.1) is 0 Å². The molecule has 0 saturated carbocycles. The van der Waals surface area contributed by atoms with Crippen LogP contribution in [0.25, 0.3) is 22.5 Å². The van der Waals surface area contributed by atoms with Crippen molar-refractivity contribution in [3.8, 4) is 34.0 Å². The molecule has 0 N–H and O–H groups in total.